The lowest BCUT2D eigenvalue weighted by atomic mass is 10.2. The minimum absolute atomic E-state index is 0.0484. The van der Waals surface area contributed by atoms with Gasteiger partial charge in [-0.15, -0.1) is 0 Å². The monoisotopic (exact) mass is 279 g/mol. The van der Waals surface area contributed by atoms with Crippen molar-refractivity contribution in [3.05, 3.63) is 84.6 Å². The molecule has 0 fully saturated rings. The maximum atomic E-state index is 4.46. The number of rotatable bonds is 4. The Hall–Kier alpha value is -2.20. The zero-order valence-corrected chi connectivity index (χ0v) is 11.6. The van der Waals surface area contributed by atoms with Gasteiger partial charge in [0.2, 0.25) is 0 Å². The molecule has 3 aromatic heterocycles. The summed E-state index contributed by atoms with van der Waals surface area (Å²) in [5, 5.41) is 1.01. The van der Waals surface area contributed by atoms with E-state index in [-0.39, 0.29) is 5.25 Å². The smallest absolute Gasteiger partial charge is 0.0970 e. The van der Waals surface area contributed by atoms with E-state index in [2.05, 4.69) is 15.0 Å². The molecule has 0 amide bonds. The second kappa shape index (κ2) is 6.30. The van der Waals surface area contributed by atoms with Crippen molar-refractivity contribution in [2.45, 2.75) is 10.3 Å². The maximum Gasteiger partial charge on any atom is 0.0970 e. The third kappa shape index (κ3) is 3.03. The molecule has 0 N–H and O–H groups in total. The second-order valence-corrected chi connectivity index (χ2v) is 5.30. The minimum atomic E-state index is 0.0484. The van der Waals surface area contributed by atoms with Gasteiger partial charge in [-0.3, -0.25) is 9.97 Å². The van der Waals surface area contributed by atoms with E-state index in [1.165, 1.54) is 0 Å². The first-order valence-corrected chi connectivity index (χ1v) is 7.21. The van der Waals surface area contributed by atoms with Crippen molar-refractivity contribution in [2.75, 3.05) is 0 Å². The summed E-state index contributed by atoms with van der Waals surface area (Å²) < 4.78 is 0. The predicted octanol–water partition coefficient (Wildman–Crippen LogP) is 3.75. The molecule has 0 atom stereocenters. The van der Waals surface area contributed by atoms with Crippen LogP contribution in [0.3, 0.4) is 0 Å². The average molecular weight is 279 g/mol. The summed E-state index contributed by atoms with van der Waals surface area (Å²) in [6, 6.07) is 17.8. The highest BCUT2D eigenvalue weighted by molar-refractivity contribution is 7.99. The van der Waals surface area contributed by atoms with Gasteiger partial charge in [0.05, 0.1) is 21.7 Å². The molecule has 3 nitrogen and oxygen atoms in total. The third-order valence-corrected chi connectivity index (χ3v) is 3.99. The molecule has 3 rings (SSSR count). The fraction of sp³-hybridized carbons (Fsp3) is 0.0625. The van der Waals surface area contributed by atoms with Crippen LogP contribution >= 0.6 is 11.8 Å². The molecule has 0 unspecified atom stereocenters. The summed E-state index contributed by atoms with van der Waals surface area (Å²) in [6.45, 7) is 0. The van der Waals surface area contributed by atoms with Crippen LogP contribution in [0.15, 0.2) is 78.2 Å². The highest BCUT2D eigenvalue weighted by Crippen LogP contribution is 2.37. The maximum absolute atomic E-state index is 4.46. The zero-order chi connectivity index (χ0) is 13.6. The van der Waals surface area contributed by atoms with Gasteiger partial charge in [0, 0.05) is 18.6 Å². The van der Waals surface area contributed by atoms with Gasteiger partial charge in [-0.1, -0.05) is 30.0 Å². The summed E-state index contributed by atoms with van der Waals surface area (Å²) in [5.41, 5.74) is 1.98. The summed E-state index contributed by atoms with van der Waals surface area (Å²) in [5.74, 6) is 0. The van der Waals surface area contributed by atoms with Gasteiger partial charge < -0.3 is 0 Å². The number of hydrogen-bond donors (Lipinski definition) is 0. The molecule has 0 saturated carbocycles. The van der Waals surface area contributed by atoms with Crippen molar-refractivity contribution in [3.63, 3.8) is 0 Å². The van der Waals surface area contributed by atoms with Gasteiger partial charge in [0.25, 0.3) is 0 Å². The lowest BCUT2D eigenvalue weighted by molar-refractivity contribution is 0.980. The summed E-state index contributed by atoms with van der Waals surface area (Å²) >= 11 is 1.66. The summed E-state index contributed by atoms with van der Waals surface area (Å²) in [6.07, 6.45) is 5.42. The van der Waals surface area contributed by atoms with Gasteiger partial charge >= 0.3 is 0 Å². The van der Waals surface area contributed by atoms with E-state index in [0.29, 0.717) is 0 Å². The van der Waals surface area contributed by atoms with Crippen molar-refractivity contribution in [3.8, 4) is 0 Å². The van der Waals surface area contributed by atoms with Crippen LogP contribution in [0.4, 0.5) is 0 Å². The molecule has 0 aliphatic carbocycles. The molecule has 3 heterocycles. The highest BCUT2D eigenvalue weighted by Gasteiger charge is 2.18. The van der Waals surface area contributed by atoms with Crippen LogP contribution in [0.1, 0.15) is 16.6 Å². The number of aromatic nitrogens is 3. The molecule has 98 valence electrons. The van der Waals surface area contributed by atoms with Crippen LogP contribution in [-0.4, -0.2) is 15.0 Å². The molecule has 0 saturated heterocycles. The molecule has 20 heavy (non-hydrogen) atoms. The molecule has 0 aliphatic heterocycles. The van der Waals surface area contributed by atoms with Crippen molar-refractivity contribution >= 4 is 11.8 Å². The molecule has 3 aromatic rings. The molecule has 0 aromatic carbocycles. The highest BCUT2D eigenvalue weighted by atomic mass is 32.2. The van der Waals surface area contributed by atoms with Crippen molar-refractivity contribution < 1.29 is 0 Å². The predicted molar refractivity (Wildman–Crippen MR) is 80.4 cm³/mol. The first-order chi connectivity index (χ1) is 9.93. The normalized spacial score (nSPS) is 10.7. The Kier molecular flexibility index (Phi) is 4.04. The molecular weight excluding hydrogens is 266 g/mol. The Morgan fingerprint density at radius 1 is 0.650 bits per heavy atom. The van der Waals surface area contributed by atoms with Gasteiger partial charge in [0.15, 0.2) is 0 Å². The first-order valence-electron chi connectivity index (χ1n) is 6.33. The van der Waals surface area contributed by atoms with Gasteiger partial charge in [-0.05, 0) is 36.4 Å². The van der Waals surface area contributed by atoms with E-state index in [9.17, 15) is 0 Å². The van der Waals surface area contributed by atoms with Crippen LogP contribution in [-0.2, 0) is 0 Å². The second-order valence-electron chi connectivity index (χ2n) is 4.18. The van der Waals surface area contributed by atoms with Crippen molar-refractivity contribution in [2.24, 2.45) is 0 Å². The molecule has 0 spiro atoms. The topological polar surface area (TPSA) is 38.7 Å². The first kappa shape index (κ1) is 12.8. The SMILES string of the molecule is c1ccc(SC(c2ccccn2)c2ccccn2)nc1. The van der Waals surface area contributed by atoms with E-state index < -0.39 is 0 Å². The number of pyridine rings is 3. The van der Waals surface area contributed by atoms with Crippen LogP contribution in [0.25, 0.3) is 0 Å². The Morgan fingerprint density at radius 3 is 1.65 bits per heavy atom. The van der Waals surface area contributed by atoms with E-state index in [1.54, 1.807) is 18.0 Å². The lowest BCUT2D eigenvalue weighted by Crippen LogP contribution is -2.01. The molecule has 0 radical (unpaired) electrons. The van der Waals surface area contributed by atoms with Crippen LogP contribution in [0.5, 0.6) is 0 Å². The van der Waals surface area contributed by atoms with Crippen molar-refractivity contribution in [1.29, 1.82) is 0 Å². The molecule has 4 heteroatoms. The molecular formula is C16H13N3S. The van der Waals surface area contributed by atoms with E-state index in [4.69, 9.17) is 0 Å². The number of hydrogen-bond acceptors (Lipinski definition) is 4. The standard InChI is InChI=1S/C16H13N3S/c1-4-10-17-13(7-1)16(14-8-2-5-11-18-14)20-15-9-3-6-12-19-15/h1-12,16H. The van der Waals surface area contributed by atoms with Gasteiger partial charge in [-0.25, -0.2) is 4.98 Å². The van der Waals surface area contributed by atoms with E-state index in [1.807, 2.05) is 67.0 Å². The van der Waals surface area contributed by atoms with E-state index in [0.717, 1.165) is 16.4 Å². The minimum Gasteiger partial charge on any atom is -0.260 e. The quantitative estimate of drug-likeness (QED) is 0.682. The van der Waals surface area contributed by atoms with Crippen LogP contribution in [0, 0.1) is 0 Å². The fourth-order valence-corrected chi connectivity index (χ4v) is 2.91. The average Bonchev–Trinajstić information content (AvgIpc) is 2.55. The molecule has 0 bridgehead atoms. The van der Waals surface area contributed by atoms with Gasteiger partial charge in [-0.2, -0.15) is 0 Å². The third-order valence-electron chi connectivity index (χ3n) is 2.79. The Morgan fingerprint density at radius 2 is 1.20 bits per heavy atom. The number of thioether (sulfide) groups is 1. The Labute approximate surface area is 122 Å². The van der Waals surface area contributed by atoms with Crippen LogP contribution in [0.2, 0.25) is 0 Å². The van der Waals surface area contributed by atoms with Gasteiger partial charge in [0.1, 0.15) is 0 Å². The summed E-state index contributed by atoms with van der Waals surface area (Å²) in [4.78, 5) is 13.3. The van der Waals surface area contributed by atoms with E-state index >= 15 is 0 Å². The number of nitrogens with zero attached hydrogens (tertiary/aromatic N) is 3. The van der Waals surface area contributed by atoms with Crippen molar-refractivity contribution in [1.82, 2.24) is 15.0 Å². The Bertz CT molecular complexity index is 605. The Balaban J connectivity index is 1.96. The molecule has 0 aliphatic rings. The summed E-state index contributed by atoms with van der Waals surface area (Å²) in [7, 11) is 0. The fourth-order valence-electron chi connectivity index (χ4n) is 1.87. The lowest BCUT2D eigenvalue weighted by Gasteiger charge is -2.14. The zero-order valence-electron chi connectivity index (χ0n) is 10.8. The largest absolute Gasteiger partial charge is 0.260 e. The van der Waals surface area contributed by atoms with Crippen LogP contribution < -0.4 is 0 Å².